The molecule has 1 saturated heterocycles. The van der Waals surface area contributed by atoms with Crippen LogP contribution in [0, 0.1) is 0 Å². The van der Waals surface area contributed by atoms with Crippen molar-refractivity contribution in [3.05, 3.63) is 58.4 Å². The lowest BCUT2D eigenvalue weighted by Crippen LogP contribution is -2.29. The molecule has 0 bridgehead atoms. The van der Waals surface area contributed by atoms with Gasteiger partial charge in [0.25, 0.3) is 5.91 Å². The van der Waals surface area contributed by atoms with Crippen LogP contribution in [0.1, 0.15) is 34.5 Å². The van der Waals surface area contributed by atoms with Gasteiger partial charge in [-0.15, -0.1) is 11.3 Å². The first-order valence-corrected chi connectivity index (χ1v) is 9.96. The Morgan fingerprint density at radius 1 is 1.27 bits per heavy atom. The third kappa shape index (κ3) is 5.97. The van der Waals surface area contributed by atoms with E-state index in [9.17, 15) is 4.79 Å². The number of carbonyl (C=O) groups is 1. The Labute approximate surface area is 158 Å². The smallest absolute Gasteiger partial charge is 0.261 e. The number of likely N-dealkylation sites (tertiary alicyclic amines) is 1. The fourth-order valence-electron chi connectivity index (χ4n) is 2.93. The molecule has 2 aromatic heterocycles. The average molecular weight is 372 g/mol. The summed E-state index contributed by atoms with van der Waals surface area (Å²) in [5.74, 6) is 0.601. The molecule has 138 valence electrons. The number of hydrogen-bond donors (Lipinski definition) is 1. The summed E-state index contributed by atoms with van der Waals surface area (Å²) in [7, 11) is 0. The molecule has 3 rings (SSSR count). The minimum absolute atomic E-state index is 0.0438. The van der Waals surface area contributed by atoms with Gasteiger partial charge in [0.1, 0.15) is 6.61 Å². The summed E-state index contributed by atoms with van der Waals surface area (Å²) in [6.07, 6.45) is 9.53. The molecule has 1 amide bonds. The number of rotatable bonds is 8. The Morgan fingerprint density at radius 2 is 2.15 bits per heavy atom. The molecule has 0 radical (unpaired) electrons. The number of ether oxygens (including phenoxy) is 1. The molecule has 0 saturated carbocycles. The number of piperidine rings is 1. The summed E-state index contributed by atoms with van der Waals surface area (Å²) in [6, 6.07) is 7.75. The molecule has 2 aromatic rings. The van der Waals surface area contributed by atoms with E-state index in [1.54, 1.807) is 6.20 Å². The van der Waals surface area contributed by atoms with Crippen LogP contribution in [-0.2, 0) is 6.54 Å². The quantitative estimate of drug-likeness (QED) is 0.722. The van der Waals surface area contributed by atoms with Crippen molar-refractivity contribution in [2.45, 2.75) is 25.8 Å². The average Bonchev–Trinajstić information content (AvgIpc) is 3.20. The van der Waals surface area contributed by atoms with Crippen molar-refractivity contribution >= 4 is 17.2 Å². The highest BCUT2D eigenvalue weighted by Crippen LogP contribution is 2.15. The third-order valence-corrected chi connectivity index (χ3v) is 5.14. The van der Waals surface area contributed by atoms with Crippen LogP contribution in [0.15, 0.2) is 48.0 Å². The van der Waals surface area contributed by atoms with Gasteiger partial charge < -0.3 is 10.1 Å². The standard InChI is InChI=1S/C20H25N3O2S/c24-20(18-7-6-14-26-18)22-9-2-5-13-25-19-15-17(8-10-21-19)16-23-11-3-1-4-12-23/h2,5-8,10,14-15H,1,3-4,9,11-13,16H2,(H,22,24). The van der Waals surface area contributed by atoms with E-state index in [1.165, 1.54) is 49.3 Å². The Kier molecular flexibility index (Phi) is 7.22. The van der Waals surface area contributed by atoms with E-state index < -0.39 is 0 Å². The van der Waals surface area contributed by atoms with E-state index in [2.05, 4.69) is 21.3 Å². The molecule has 5 nitrogen and oxygen atoms in total. The highest BCUT2D eigenvalue weighted by atomic mass is 32.1. The Morgan fingerprint density at radius 3 is 2.96 bits per heavy atom. The second kappa shape index (κ2) is 10.1. The number of aromatic nitrogens is 1. The first kappa shape index (κ1) is 18.6. The van der Waals surface area contributed by atoms with Crippen molar-refractivity contribution < 1.29 is 9.53 Å². The minimum atomic E-state index is -0.0438. The summed E-state index contributed by atoms with van der Waals surface area (Å²) < 4.78 is 5.69. The molecule has 0 spiro atoms. The summed E-state index contributed by atoms with van der Waals surface area (Å²) in [5.41, 5.74) is 1.24. The lowest BCUT2D eigenvalue weighted by Gasteiger charge is -2.26. The van der Waals surface area contributed by atoms with Gasteiger partial charge in [0.2, 0.25) is 5.88 Å². The SMILES string of the molecule is O=C(NCC=CCOc1cc(CN2CCCCC2)ccn1)c1cccs1. The zero-order valence-corrected chi connectivity index (χ0v) is 15.7. The van der Waals surface area contributed by atoms with E-state index in [0.29, 0.717) is 19.0 Å². The van der Waals surface area contributed by atoms with Crippen LogP contribution < -0.4 is 10.1 Å². The highest BCUT2D eigenvalue weighted by Gasteiger charge is 2.10. The van der Waals surface area contributed by atoms with Crippen molar-refractivity contribution in [3.63, 3.8) is 0 Å². The maximum atomic E-state index is 11.8. The molecule has 0 aromatic carbocycles. The first-order valence-electron chi connectivity index (χ1n) is 9.08. The molecule has 0 aliphatic carbocycles. The second-order valence-electron chi connectivity index (χ2n) is 6.31. The van der Waals surface area contributed by atoms with Crippen LogP contribution in [-0.4, -0.2) is 42.0 Å². The van der Waals surface area contributed by atoms with Gasteiger partial charge in [-0.05, 0) is 55.1 Å². The number of nitrogens with one attached hydrogen (secondary N) is 1. The maximum Gasteiger partial charge on any atom is 0.261 e. The normalized spacial score (nSPS) is 15.2. The van der Waals surface area contributed by atoms with Gasteiger partial charge in [-0.2, -0.15) is 0 Å². The molecule has 1 N–H and O–H groups in total. The second-order valence-corrected chi connectivity index (χ2v) is 7.26. The van der Waals surface area contributed by atoms with Gasteiger partial charge in [-0.25, -0.2) is 4.98 Å². The van der Waals surface area contributed by atoms with Crippen LogP contribution in [0.4, 0.5) is 0 Å². The van der Waals surface area contributed by atoms with E-state index in [1.807, 2.05) is 35.7 Å². The topological polar surface area (TPSA) is 54.5 Å². The maximum absolute atomic E-state index is 11.8. The van der Waals surface area contributed by atoms with Gasteiger partial charge in [-0.3, -0.25) is 9.69 Å². The fraction of sp³-hybridized carbons (Fsp3) is 0.400. The van der Waals surface area contributed by atoms with E-state index in [-0.39, 0.29) is 5.91 Å². The van der Waals surface area contributed by atoms with Crippen molar-refractivity contribution in [3.8, 4) is 5.88 Å². The third-order valence-electron chi connectivity index (χ3n) is 4.27. The predicted molar refractivity (Wildman–Crippen MR) is 105 cm³/mol. The number of pyridine rings is 1. The zero-order valence-electron chi connectivity index (χ0n) is 14.9. The van der Waals surface area contributed by atoms with E-state index >= 15 is 0 Å². The molecule has 1 aliphatic heterocycles. The number of carbonyl (C=O) groups excluding carboxylic acids is 1. The molecular formula is C20H25N3O2S. The van der Waals surface area contributed by atoms with Crippen LogP contribution in [0.2, 0.25) is 0 Å². The van der Waals surface area contributed by atoms with Gasteiger partial charge >= 0.3 is 0 Å². The minimum Gasteiger partial charge on any atom is -0.473 e. The Bertz CT molecular complexity index is 710. The zero-order chi connectivity index (χ0) is 18.0. The summed E-state index contributed by atoms with van der Waals surface area (Å²) in [6.45, 7) is 4.25. The number of amides is 1. The van der Waals surface area contributed by atoms with Crippen molar-refractivity contribution in [2.75, 3.05) is 26.2 Å². The van der Waals surface area contributed by atoms with Gasteiger partial charge in [-0.1, -0.05) is 18.6 Å². The van der Waals surface area contributed by atoms with Gasteiger partial charge in [0.05, 0.1) is 4.88 Å². The number of thiophene rings is 1. The molecule has 26 heavy (non-hydrogen) atoms. The molecule has 3 heterocycles. The van der Waals surface area contributed by atoms with E-state index in [4.69, 9.17) is 4.74 Å². The number of hydrogen-bond acceptors (Lipinski definition) is 5. The van der Waals surface area contributed by atoms with Crippen molar-refractivity contribution in [1.29, 1.82) is 0 Å². The molecule has 6 heteroatoms. The lowest BCUT2D eigenvalue weighted by molar-refractivity contribution is 0.0962. The highest BCUT2D eigenvalue weighted by molar-refractivity contribution is 7.12. The Balaban J connectivity index is 1.37. The lowest BCUT2D eigenvalue weighted by atomic mass is 10.1. The Hall–Kier alpha value is -2.18. The summed E-state index contributed by atoms with van der Waals surface area (Å²) in [5, 5.41) is 4.74. The van der Waals surface area contributed by atoms with Crippen LogP contribution in [0.5, 0.6) is 5.88 Å². The van der Waals surface area contributed by atoms with Crippen LogP contribution in [0.25, 0.3) is 0 Å². The van der Waals surface area contributed by atoms with Crippen molar-refractivity contribution in [2.24, 2.45) is 0 Å². The van der Waals surface area contributed by atoms with Crippen molar-refractivity contribution in [1.82, 2.24) is 15.2 Å². The van der Waals surface area contributed by atoms with Gasteiger partial charge in [0.15, 0.2) is 0 Å². The first-order chi connectivity index (χ1) is 12.8. The van der Waals surface area contributed by atoms with Crippen LogP contribution >= 0.6 is 11.3 Å². The fourth-order valence-corrected chi connectivity index (χ4v) is 3.57. The van der Waals surface area contributed by atoms with E-state index in [0.717, 1.165) is 11.4 Å². The molecule has 0 unspecified atom stereocenters. The predicted octanol–water partition coefficient (Wildman–Crippen LogP) is 3.49. The summed E-state index contributed by atoms with van der Waals surface area (Å²) >= 11 is 1.44. The van der Waals surface area contributed by atoms with Gasteiger partial charge in [0, 0.05) is 25.4 Å². The molecule has 0 atom stereocenters. The number of nitrogens with zero attached hydrogens (tertiary/aromatic N) is 2. The summed E-state index contributed by atoms with van der Waals surface area (Å²) in [4.78, 5) is 19.3. The van der Waals surface area contributed by atoms with Crippen LogP contribution in [0.3, 0.4) is 0 Å². The molecule has 1 aliphatic rings. The molecular weight excluding hydrogens is 346 g/mol. The monoisotopic (exact) mass is 371 g/mol. The molecule has 1 fully saturated rings. The largest absolute Gasteiger partial charge is 0.473 e.